The molecule has 27 heavy (non-hydrogen) atoms. The van der Waals surface area contributed by atoms with Crippen molar-refractivity contribution in [1.29, 1.82) is 0 Å². The zero-order valence-corrected chi connectivity index (χ0v) is 15.4. The summed E-state index contributed by atoms with van der Waals surface area (Å²) in [6, 6.07) is 3.16. The minimum atomic E-state index is -0.981. The van der Waals surface area contributed by atoms with E-state index in [1.165, 1.54) is 19.2 Å². The number of hydrogen-bond acceptors (Lipinski definition) is 4. The van der Waals surface area contributed by atoms with E-state index in [0.29, 0.717) is 12.5 Å². The van der Waals surface area contributed by atoms with Gasteiger partial charge in [0.15, 0.2) is 0 Å². The number of benzene rings is 1. The number of halogens is 2. The van der Waals surface area contributed by atoms with Crippen LogP contribution in [-0.2, 0) is 4.79 Å². The first-order valence-corrected chi connectivity index (χ1v) is 8.85. The molecule has 0 bridgehead atoms. The second-order valence-corrected chi connectivity index (χ2v) is 6.23. The van der Waals surface area contributed by atoms with Crippen LogP contribution in [0.15, 0.2) is 35.0 Å². The molecule has 0 aromatic heterocycles. The lowest BCUT2D eigenvalue weighted by Gasteiger charge is -2.23. The zero-order chi connectivity index (χ0) is 19.8. The van der Waals surface area contributed by atoms with Crippen LogP contribution in [0.4, 0.5) is 8.78 Å². The summed E-state index contributed by atoms with van der Waals surface area (Å²) in [5.41, 5.74) is -0.619. The molecule has 1 aromatic carbocycles. The summed E-state index contributed by atoms with van der Waals surface area (Å²) in [6.45, 7) is 3.93. The Morgan fingerprint density at radius 3 is 2.44 bits per heavy atom. The number of amides is 2. The van der Waals surface area contributed by atoms with Crippen LogP contribution < -0.4 is 16.0 Å². The molecule has 0 spiro atoms. The van der Waals surface area contributed by atoms with Crippen molar-refractivity contribution in [1.82, 2.24) is 16.0 Å². The fourth-order valence-corrected chi connectivity index (χ4v) is 2.92. The van der Waals surface area contributed by atoms with E-state index in [0.717, 1.165) is 38.1 Å². The van der Waals surface area contributed by atoms with Gasteiger partial charge >= 0.3 is 0 Å². The van der Waals surface area contributed by atoms with Crippen molar-refractivity contribution < 1.29 is 18.4 Å². The first-order chi connectivity index (χ1) is 13.0. The highest BCUT2D eigenvalue weighted by molar-refractivity contribution is 6.45. The Balaban J connectivity index is 2.05. The summed E-state index contributed by atoms with van der Waals surface area (Å²) in [7, 11) is 1.42. The molecule has 3 N–H and O–H groups in total. The number of piperidine rings is 1. The van der Waals surface area contributed by atoms with Crippen molar-refractivity contribution in [2.45, 2.75) is 19.8 Å². The third-order valence-electron chi connectivity index (χ3n) is 4.43. The van der Waals surface area contributed by atoms with Crippen LogP contribution >= 0.6 is 0 Å². The van der Waals surface area contributed by atoms with Crippen LogP contribution in [0.3, 0.4) is 0 Å². The quantitative estimate of drug-likeness (QED) is 0.660. The lowest BCUT2D eigenvalue weighted by atomic mass is 9.98. The van der Waals surface area contributed by atoms with Crippen molar-refractivity contribution in [3.05, 3.63) is 47.2 Å². The molecule has 146 valence electrons. The van der Waals surface area contributed by atoms with Gasteiger partial charge in [0.05, 0.1) is 5.70 Å². The maximum Gasteiger partial charge on any atom is 0.271 e. The van der Waals surface area contributed by atoms with Gasteiger partial charge in [0, 0.05) is 13.6 Å². The maximum atomic E-state index is 13.8. The predicted octanol–water partition coefficient (Wildman–Crippen LogP) is 1.78. The van der Waals surface area contributed by atoms with Gasteiger partial charge in [0.2, 0.25) is 0 Å². The largest absolute Gasteiger partial charge is 0.350 e. The SMILES string of the molecule is C/C=C(NC(=O)c1c(F)cccc1F)\C(=N/C)C(=O)NCC1CCNCC1. The van der Waals surface area contributed by atoms with E-state index >= 15 is 0 Å². The molecule has 2 amide bonds. The Morgan fingerprint density at radius 1 is 1.26 bits per heavy atom. The summed E-state index contributed by atoms with van der Waals surface area (Å²) in [5.74, 6) is -3.00. The third-order valence-corrected chi connectivity index (χ3v) is 4.43. The maximum absolute atomic E-state index is 13.8. The van der Waals surface area contributed by atoms with Gasteiger partial charge in [-0.2, -0.15) is 0 Å². The molecule has 0 aliphatic carbocycles. The van der Waals surface area contributed by atoms with E-state index in [1.54, 1.807) is 6.92 Å². The van der Waals surface area contributed by atoms with Crippen molar-refractivity contribution in [2.75, 3.05) is 26.7 Å². The Labute approximate surface area is 157 Å². The van der Waals surface area contributed by atoms with Gasteiger partial charge < -0.3 is 16.0 Å². The third kappa shape index (κ3) is 5.43. The fraction of sp³-hybridized carbons (Fsp3) is 0.421. The van der Waals surface area contributed by atoms with Crippen molar-refractivity contribution in [2.24, 2.45) is 10.9 Å². The van der Waals surface area contributed by atoms with Gasteiger partial charge in [-0.1, -0.05) is 12.1 Å². The Bertz CT molecular complexity index is 736. The van der Waals surface area contributed by atoms with E-state index in [9.17, 15) is 18.4 Å². The molecule has 6 nitrogen and oxygen atoms in total. The standard InChI is InChI=1S/C19H24F2N4O2/c1-3-15(25-18(26)16-13(20)5-4-6-14(16)21)17(22-2)19(27)24-11-12-7-9-23-10-8-12/h3-6,12,23H,7-11H2,1-2H3,(H,24,27)(H,25,26)/b15-3+,22-17+. The van der Waals surface area contributed by atoms with Gasteiger partial charge in [0.25, 0.3) is 11.8 Å². The summed E-state index contributed by atoms with van der Waals surface area (Å²) < 4.78 is 27.6. The number of rotatable bonds is 6. The topological polar surface area (TPSA) is 82.6 Å². The number of nitrogens with one attached hydrogen (secondary N) is 3. The van der Waals surface area contributed by atoms with Crippen LogP contribution in [-0.4, -0.2) is 44.2 Å². The monoisotopic (exact) mass is 378 g/mol. The molecule has 0 radical (unpaired) electrons. The summed E-state index contributed by atoms with van der Waals surface area (Å²) in [5, 5.41) is 8.45. The van der Waals surface area contributed by atoms with Crippen LogP contribution in [0, 0.1) is 17.6 Å². The van der Waals surface area contributed by atoms with Crippen molar-refractivity contribution in [3.63, 3.8) is 0 Å². The Hall–Kier alpha value is -2.61. The Kier molecular flexibility index (Phi) is 7.60. The summed E-state index contributed by atoms with van der Waals surface area (Å²) >= 11 is 0. The molecule has 0 saturated carbocycles. The van der Waals surface area contributed by atoms with E-state index in [4.69, 9.17) is 0 Å². The number of allylic oxidation sites excluding steroid dienone is 1. The highest BCUT2D eigenvalue weighted by Gasteiger charge is 2.23. The Morgan fingerprint density at radius 2 is 1.89 bits per heavy atom. The molecule has 1 saturated heterocycles. The number of carbonyl (C=O) groups excluding carboxylic acids is 2. The molecule has 1 aromatic rings. The minimum Gasteiger partial charge on any atom is -0.350 e. The van der Waals surface area contributed by atoms with Gasteiger partial charge in [-0.3, -0.25) is 14.6 Å². The highest BCUT2D eigenvalue weighted by atomic mass is 19.1. The van der Waals surface area contributed by atoms with Crippen LogP contribution in [0.25, 0.3) is 0 Å². The van der Waals surface area contributed by atoms with Gasteiger partial charge in [0.1, 0.15) is 22.9 Å². The number of nitrogens with zero attached hydrogens (tertiary/aromatic N) is 1. The van der Waals surface area contributed by atoms with E-state index in [1.807, 2.05) is 0 Å². The molecule has 1 aliphatic heterocycles. The molecule has 0 unspecified atom stereocenters. The average molecular weight is 378 g/mol. The number of aliphatic imine (C=N–C) groups is 1. The molecule has 1 fully saturated rings. The fourth-order valence-electron chi connectivity index (χ4n) is 2.92. The zero-order valence-electron chi connectivity index (χ0n) is 15.4. The van der Waals surface area contributed by atoms with Crippen LogP contribution in [0.5, 0.6) is 0 Å². The molecular formula is C19H24F2N4O2. The molecule has 8 heteroatoms. The number of carbonyl (C=O) groups is 2. The first-order valence-electron chi connectivity index (χ1n) is 8.85. The average Bonchev–Trinajstić information content (AvgIpc) is 2.66. The lowest BCUT2D eigenvalue weighted by molar-refractivity contribution is -0.115. The van der Waals surface area contributed by atoms with E-state index < -0.39 is 29.0 Å². The first kappa shape index (κ1) is 20.7. The van der Waals surface area contributed by atoms with Crippen molar-refractivity contribution >= 4 is 17.5 Å². The molecule has 2 rings (SSSR count). The van der Waals surface area contributed by atoms with Gasteiger partial charge in [-0.25, -0.2) is 8.78 Å². The molecule has 1 aliphatic rings. The van der Waals surface area contributed by atoms with E-state index in [-0.39, 0.29) is 11.4 Å². The smallest absolute Gasteiger partial charge is 0.271 e. The predicted molar refractivity (Wildman–Crippen MR) is 99.5 cm³/mol. The van der Waals surface area contributed by atoms with Crippen molar-refractivity contribution in [3.8, 4) is 0 Å². The van der Waals surface area contributed by atoms with Gasteiger partial charge in [-0.15, -0.1) is 0 Å². The van der Waals surface area contributed by atoms with Crippen LogP contribution in [0.1, 0.15) is 30.1 Å². The summed E-state index contributed by atoms with van der Waals surface area (Å²) in [4.78, 5) is 28.7. The highest BCUT2D eigenvalue weighted by Crippen LogP contribution is 2.13. The summed E-state index contributed by atoms with van der Waals surface area (Å²) in [6.07, 6.45) is 3.40. The molecule has 0 atom stereocenters. The second kappa shape index (κ2) is 9.91. The molecular weight excluding hydrogens is 354 g/mol. The molecule has 1 heterocycles. The lowest BCUT2D eigenvalue weighted by Crippen LogP contribution is -2.41. The van der Waals surface area contributed by atoms with E-state index in [2.05, 4.69) is 20.9 Å². The minimum absolute atomic E-state index is 0.00321. The van der Waals surface area contributed by atoms with Gasteiger partial charge in [-0.05, 0) is 50.9 Å². The normalized spacial score (nSPS) is 16.1. The second-order valence-electron chi connectivity index (χ2n) is 6.23. The van der Waals surface area contributed by atoms with Crippen LogP contribution in [0.2, 0.25) is 0 Å². The number of hydrogen-bond donors (Lipinski definition) is 3.